The summed E-state index contributed by atoms with van der Waals surface area (Å²) < 4.78 is 11.1. The first-order chi connectivity index (χ1) is 9.76. The van der Waals surface area contributed by atoms with Gasteiger partial charge in [-0.25, -0.2) is 0 Å². The summed E-state index contributed by atoms with van der Waals surface area (Å²) in [6.07, 6.45) is 3.53. The normalized spacial score (nSPS) is 13.1. The maximum Gasteiger partial charge on any atom is 0.286 e. The van der Waals surface area contributed by atoms with E-state index >= 15 is 0 Å². The van der Waals surface area contributed by atoms with Crippen molar-refractivity contribution in [2.75, 3.05) is 7.05 Å². The number of carbonyl (C=O) groups excluding carboxylic acids is 1. The summed E-state index contributed by atoms with van der Waals surface area (Å²) in [6.45, 7) is 0.329. The number of ether oxygens (including phenoxy) is 1. The van der Waals surface area contributed by atoms with E-state index in [4.69, 9.17) is 9.15 Å². The highest BCUT2D eigenvalue weighted by atomic mass is 16.5. The SMILES string of the molecule is CNC(=O)c1ccc(COc2ccc3c(c2)CCC3)o1. The summed E-state index contributed by atoms with van der Waals surface area (Å²) in [5.74, 6) is 1.57. The first-order valence-corrected chi connectivity index (χ1v) is 6.81. The largest absolute Gasteiger partial charge is 0.486 e. The lowest BCUT2D eigenvalue weighted by Gasteiger charge is -2.06. The molecule has 20 heavy (non-hydrogen) atoms. The molecule has 0 spiro atoms. The van der Waals surface area contributed by atoms with Crippen LogP contribution in [0.15, 0.2) is 34.7 Å². The Morgan fingerprint density at radius 3 is 2.95 bits per heavy atom. The maximum absolute atomic E-state index is 11.4. The van der Waals surface area contributed by atoms with Crippen LogP contribution in [0.2, 0.25) is 0 Å². The van der Waals surface area contributed by atoms with Crippen LogP contribution in [0.4, 0.5) is 0 Å². The number of hydrogen-bond acceptors (Lipinski definition) is 3. The minimum atomic E-state index is -0.228. The minimum Gasteiger partial charge on any atom is -0.486 e. The van der Waals surface area contributed by atoms with Crippen LogP contribution in [0.1, 0.15) is 33.9 Å². The molecule has 0 radical (unpaired) electrons. The van der Waals surface area contributed by atoms with Crippen LogP contribution in [0, 0.1) is 0 Å². The maximum atomic E-state index is 11.4. The summed E-state index contributed by atoms with van der Waals surface area (Å²) in [5.41, 5.74) is 2.81. The average Bonchev–Trinajstić information content (AvgIpc) is 3.12. The van der Waals surface area contributed by atoms with Gasteiger partial charge in [-0.15, -0.1) is 0 Å². The zero-order valence-corrected chi connectivity index (χ0v) is 11.4. The zero-order chi connectivity index (χ0) is 13.9. The lowest BCUT2D eigenvalue weighted by molar-refractivity contribution is 0.0931. The van der Waals surface area contributed by atoms with Crippen molar-refractivity contribution in [2.24, 2.45) is 0 Å². The standard InChI is InChI=1S/C16H17NO3/c1-17-16(18)15-8-7-14(20-15)10-19-13-6-5-11-3-2-4-12(11)9-13/h5-9H,2-4,10H2,1H3,(H,17,18). The summed E-state index contributed by atoms with van der Waals surface area (Å²) >= 11 is 0. The molecule has 1 heterocycles. The third kappa shape index (κ3) is 2.54. The Balaban J connectivity index is 1.64. The predicted octanol–water partition coefficient (Wildman–Crippen LogP) is 2.71. The fraction of sp³-hybridized carbons (Fsp3) is 0.312. The van der Waals surface area contributed by atoms with Crippen molar-refractivity contribution in [1.29, 1.82) is 0 Å². The monoisotopic (exact) mass is 271 g/mol. The van der Waals surface area contributed by atoms with Gasteiger partial charge >= 0.3 is 0 Å². The second kappa shape index (κ2) is 5.41. The second-order valence-electron chi connectivity index (χ2n) is 4.92. The lowest BCUT2D eigenvalue weighted by Crippen LogP contribution is -2.16. The van der Waals surface area contributed by atoms with Crippen LogP contribution in [0.3, 0.4) is 0 Å². The molecule has 1 aromatic heterocycles. The minimum absolute atomic E-state index is 0.228. The van der Waals surface area contributed by atoms with Crippen LogP contribution in [-0.4, -0.2) is 13.0 Å². The molecular formula is C16H17NO3. The fourth-order valence-corrected chi connectivity index (χ4v) is 2.49. The van der Waals surface area contributed by atoms with E-state index in [1.807, 2.05) is 6.07 Å². The quantitative estimate of drug-likeness (QED) is 0.930. The Morgan fingerprint density at radius 1 is 1.25 bits per heavy atom. The summed E-state index contributed by atoms with van der Waals surface area (Å²) in [5, 5.41) is 2.52. The van der Waals surface area contributed by atoms with E-state index in [2.05, 4.69) is 17.4 Å². The van der Waals surface area contributed by atoms with Crippen molar-refractivity contribution in [3.05, 3.63) is 53.0 Å². The Hall–Kier alpha value is -2.23. The third-order valence-corrected chi connectivity index (χ3v) is 3.56. The Labute approximate surface area is 117 Å². The highest BCUT2D eigenvalue weighted by Gasteiger charge is 2.12. The first kappa shape index (κ1) is 12.8. The molecular weight excluding hydrogens is 254 g/mol. The molecule has 1 aliphatic carbocycles. The summed E-state index contributed by atoms with van der Waals surface area (Å²) in [6, 6.07) is 9.64. The van der Waals surface area contributed by atoms with Gasteiger partial charge in [-0.1, -0.05) is 6.07 Å². The van der Waals surface area contributed by atoms with Gasteiger partial charge < -0.3 is 14.5 Å². The molecule has 0 bridgehead atoms. The van der Waals surface area contributed by atoms with E-state index in [9.17, 15) is 4.79 Å². The Kier molecular flexibility index (Phi) is 3.46. The van der Waals surface area contributed by atoms with Crippen molar-refractivity contribution in [2.45, 2.75) is 25.9 Å². The van der Waals surface area contributed by atoms with Gasteiger partial charge in [0.05, 0.1) is 0 Å². The van der Waals surface area contributed by atoms with Crippen molar-refractivity contribution in [1.82, 2.24) is 5.32 Å². The van der Waals surface area contributed by atoms with E-state index in [0.29, 0.717) is 18.1 Å². The van der Waals surface area contributed by atoms with Crippen molar-refractivity contribution >= 4 is 5.91 Å². The zero-order valence-electron chi connectivity index (χ0n) is 11.4. The van der Waals surface area contributed by atoms with Crippen LogP contribution < -0.4 is 10.1 Å². The number of nitrogens with one attached hydrogen (secondary N) is 1. The third-order valence-electron chi connectivity index (χ3n) is 3.56. The van der Waals surface area contributed by atoms with Crippen LogP contribution in [0.5, 0.6) is 5.75 Å². The van der Waals surface area contributed by atoms with E-state index in [0.717, 1.165) is 12.2 Å². The second-order valence-corrected chi connectivity index (χ2v) is 4.92. The summed E-state index contributed by atoms with van der Waals surface area (Å²) in [7, 11) is 1.57. The van der Waals surface area contributed by atoms with Gasteiger partial charge in [0.15, 0.2) is 5.76 Å². The molecule has 0 saturated carbocycles. The highest BCUT2D eigenvalue weighted by Crippen LogP contribution is 2.26. The van der Waals surface area contributed by atoms with E-state index in [-0.39, 0.29) is 5.91 Å². The van der Waals surface area contributed by atoms with E-state index in [1.54, 1.807) is 19.2 Å². The molecule has 1 amide bonds. The van der Waals surface area contributed by atoms with Crippen molar-refractivity contribution < 1.29 is 13.9 Å². The first-order valence-electron chi connectivity index (χ1n) is 6.81. The molecule has 1 aliphatic rings. The van der Waals surface area contributed by atoms with E-state index in [1.165, 1.54) is 24.0 Å². The molecule has 1 N–H and O–H groups in total. The van der Waals surface area contributed by atoms with Crippen molar-refractivity contribution in [3.8, 4) is 5.75 Å². The molecule has 0 fully saturated rings. The Morgan fingerprint density at radius 2 is 2.10 bits per heavy atom. The number of fused-ring (bicyclic) bond motifs is 1. The molecule has 4 heteroatoms. The van der Waals surface area contributed by atoms with Gasteiger partial charge in [-0.05, 0) is 54.7 Å². The molecule has 2 aromatic rings. The number of amides is 1. The topological polar surface area (TPSA) is 51.5 Å². The summed E-state index contributed by atoms with van der Waals surface area (Å²) in [4.78, 5) is 11.4. The van der Waals surface area contributed by atoms with Crippen molar-refractivity contribution in [3.63, 3.8) is 0 Å². The van der Waals surface area contributed by atoms with Gasteiger partial charge in [0.25, 0.3) is 5.91 Å². The van der Waals surface area contributed by atoms with Gasteiger partial charge in [-0.3, -0.25) is 4.79 Å². The van der Waals surface area contributed by atoms with Gasteiger partial charge in [-0.2, -0.15) is 0 Å². The predicted molar refractivity (Wildman–Crippen MR) is 74.9 cm³/mol. The molecule has 104 valence electrons. The van der Waals surface area contributed by atoms with E-state index < -0.39 is 0 Å². The molecule has 3 rings (SSSR count). The van der Waals surface area contributed by atoms with Gasteiger partial charge in [0.2, 0.25) is 0 Å². The van der Waals surface area contributed by atoms with Gasteiger partial charge in [0, 0.05) is 7.05 Å². The van der Waals surface area contributed by atoms with Crippen LogP contribution in [-0.2, 0) is 19.4 Å². The van der Waals surface area contributed by atoms with Crippen LogP contribution in [0.25, 0.3) is 0 Å². The number of rotatable bonds is 4. The lowest BCUT2D eigenvalue weighted by atomic mass is 10.1. The number of hydrogen-bond donors (Lipinski definition) is 1. The number of furan rings is 1. The molecule has 0 aliphatic heterocycles. The average molecular weight is 271 g/mol. The fourth-order valence-electron chi connectivity index (χ4n) is 2.49. The Bertz CT molecular complexity index is 630. The number of carbonyl (C=O) groups is 1. The molecule has 4 nitrogen and oxygen atoms in total. The molecule has 1 aromatic carbocycles. The smallest absolute Gasteiger partial charge is 0.286 e. The highest BCUT2D eigenvalue weighted by molar-refractivity contribution is 5.91. The van der Waals surface area contributed by atoms with Gasteiger partial charge in [0.1, 0.15) is 18.1 Å². The molecule has 0 unspecified atom stereocenters. The molecule has 0 saturated heterocycles. The number of benzene rings is 1. The van der Waals surface area contributed by atoms with Crippen LogP contribution >= 0.6 is 0 Å². The number of aryl methyl sites for hydroxylation is 2. The molecule has 0 atom stereocenters.